The van der Waals surface area contributed by atoms with Crippen LogP contribution in [0.1, 0.15) is 71.5 Å². The van der Waals surface area contributed by atoms with Crippen LogP contribution in [0.5, 0.6) is 0 Å². The van der Waals surface area contributed by atoms with Crippen molar-refractivity contribution in [2.45, 2.75) is 77.6 Å². The summed E-state index contributed by atoms with van der Waals surface area (Å²) in [7, 11) is 1.38. The van der Waals surface area contributed by atoms with Crippen molar-refractivity contribution < 1.29 is 33.0 Å². The number of carbonyl (C=O) groups excluding carboxylic acids is 3. The lowest BCUT2D eigenvalue weighted by Gasteiger charge is -2.70. The van der Waals surface area contributed by atoms with Gasteiger partial charge in [-0.25, -0.2) is 0 Å². The fraction of sp³-hybridized carbons (Fsp3) is 0.667. The molecule has 7 heteroatoms. The average molecular weight is 471 g/mol. The molecule has 3 heterocycles. The maximum atomic E-state index is 13.4. The molecule has 0 aromatic carbocycles. The van der Waals surface area contributed by atoms with Crippen LogP contribution < -0.4 is 0 Å². The molecule has 184 valence electrons. The molecule has 0 unspecified atom stereocenters. The minimum atomic E-state index is -0.962. The van der Waals surface area contributed by atoms with Gasteiger partial charge in [-0.3, -0.25) is 14.4 Å². The number of esters is 2. The van der Waals surface area contributed by atoms with Gasteiger partial charge >= 0.3 is 11.9 Å². The van der Waals surface area contributed by atoms with Crippen molar-refractivity contribution >= 4 is 17.7 Å². The van der Waals surface area contributed by atoms with Gasteiger partial charge in [0.25, 0.3) is 0 Å². The molecule has 7 nitrogen and oxygen atoms in total. The summed E-state index contributed by atoms with van der Waals surface area (Å²) in [5, 5.41) is 0. The van der Waals surface area contributed by atoms with Gasteiger partial charge < -0.3 is 18.6 Å². The summed E-state index contributed by atoms with van der Waals surface area (Å²) in [6.07, 6.45) is 4.24. The lowest BCUT2D eigenvalue weighted by molar-refractivity contribution is -0.291. The highest BCUT2D eigenvalue weighted by molar-refractivity contribution is 5.87. The predicted octanol–water partition coefficient (Wildman–Crippen LogP) is 4.56. The SMILES string of the molecule is C=C1[C@]2(C)CC[C@@]3(C)[C@H](c4ccoc4)OC(=O)C[C@]13O[C@H]1CC(=O)C(C)(C)[C@H](CC(=O)OC)[C@@H]12. The van der Waals surface area contributed by atoms with Crippen LogP contribution in [0.4, 0.5) is 0 Å². The average Bonchev–Trinajstić information content (AvgIpc) is 3.30. The van der Waals surface area contributed by atoms with E-state index in [2.05, 4.69) is 20.4 Å². The van der Waals surface area contributed by atoms with Gasteiger partial charge in [0, 0.05) is 29.2 Å². The summed E-state index contributed by atoms with van der Waals surface area (Å²) in [5.41, 5.74) is -0.965. The second-order valence-electron chi connectivity index (χ2n) is 11.7. The highest BCUT2D eigenvalue weighted by Gasteiger charge is 2.73. The Balaban J connectivity index is 1.63. The van der Waals surface area contributed by atoms with Crippen molar-refractivity contribution in [2.75, 3.05) is 7.11 Å². The summed E-state index contributed by atoms with van der Waals surface area (Å²) in [5.74, 6) is -0.953. The maximum absolute atomic E-state index is 13.4. The Bertz CT molecular complexity index is 1060. The number of hydrogen-bond acceptors (Lipinski definition) is 7. The zero-order chi connectivity index (χ0) is 24.7. The summed E-state index contributed by atoms with van der Waals surface area (Å²) in [4.78, 5) is 38.8. The molecule has 0 N–H and O–H groups in total. The third-order valence-electron chi connectivity index (χ3n) is 9.90. The minimum Gasteiger partial charge on any atom is -0.472 e. The van der Waals surface area contributed by atoms with Crippen LogP contribution in [0.15, 0.2) is 35.2 Å². The quantitative estimate of drug-likeness (QED) is 0.472. The Labute approximate surface area is 200 Å². The van der Waals surface area contributed by atoms with E-state index in [4.69, 9.17) is 18.6 Å². The standard InChI is InChI=1S/C27H34O7/c1-15-25(4)8-9-26(5)23(16-7-10-32-14-16)33-21(30)13-27(15,26)34-18-12-19(28)24(2,3)17(22(18)25)11-20(29)31-6/h7,10,14,17-18,22-23H,1,8-9,11-13H2,2-6H3/t17-,18+,22+,23+,25+,26+,27+/m1/s1. The number of carbonyl (C=O) groups is 3. The molecule has 7 atom stereocenters. The number of fused-ring (bicyclic) bond motifs is 3. The van der Waals surface area contributed by atoms with Gasteiger partial charge in [0.1, 0.15) is 17.5 Å². The monoisotopic (exact) mass is 470 g/mol. The zero-order valence-electron chi connectivity index (χ0n) is 20.6. The maximum Gasteiger partial charge on any atom is 0.309 e. The molecular formula is C27H34O7. The van der Waals surface area contributed by atoms with E-state index in [0.717, 1.165) is 24.0 Å². The van der Waals surface area contributed by atoms with E-state index in [-0.39, 0.29) is 48.8 Å². The molecule has 2 bridgehead atoms. The van der Waals surface area contributed by atoms with Gasteiger partial charge in [-0.05, 0) is 41.7 Å². The molecule has 1 spiro atoms. The van der Waals surface area contributed by atoms with Crippen LogP contribution in [0, 0.1) is 28.1 Å². The van der Waals surface area contributed by atoms with Crippen molar-refractivity contribution in [3.63, 3.8) is 0 Å². The molecule has 5 rings (SSSR count). The Kier molecular flexibility index (Phi) is 5.01. The third-order valence-corrected chi connectivity index (χ3v) is 9.90. The number of ether oxygens (including phenoxy) is 3. The van der Waals surface area contributed by atoms with E-state index < -0.39 is 34.1 Å². The number of cyclic esters (lactones) is 1. The zero-order valence-corrected chi connectivity index (χ0v) is 20.6. The van der Waals surface area contributed by atoms with Crippen LogP contribution >= 0.6 is 0 Å². The summed E-state index contributed by atoms with van der Waals surface area (Å²) in [6.45, 7) is 12.7. The van der Waals surface area contributed by atoms with Crippen LogP contribution in [0.25, 0.3) is 0 Å². The lowest BCUT2D eigenvalue weighted by atomic mass is 9.41. The highest BCUT2D eigenvalue weighted by atomic mass is 16.6. The van der Waals surface area contributed by atoms with Crippen molar-refractivity contribution in [1.29, 1.82) is 0 Å². The molecule has 4 aliphatic rings. The van der Waals surface area contributed by atoms with Gasteiger partial charge in [-0.15, -0.1) is 0 Å². The number of rotatable bonds is 3. The van der Waals surface area contributed by atoms with E-state index in [1.165, 1.54) is 7.11 Å². The molecule has 1 aromatic rings. The first kappa shape index (κ1) is 23.3. The Morgan fingerprint density at radius 2 is 1.94 bits per heavy atom. The molecule has 1 aromatic heterocycles. The molecular weight excluding hydrogens is 436 g/mol. The Hall–Kier alpha value is -2.41. The predicted molar refractivity (Wildman–Crippen MR) is 121 cm³/mol. The number of methoxy groups -OCH3 is 1. The van der Waals surface area contributed by atoms with E-state index in [0.29, 0.717) is 0 Å². The molecule has 34 heavy (non-hydrogen) atoms. The second kappa shape index (κ2) is 7.30. The Morgan fingerprint density at radius 3 is 2.59 bits per heavy atom. The summed E-state index contributed by atoms with van der Waals surface area (Å²) < 4.78 is 23.2. The smallest absolute Gasteiger partial charge is 0.309 e. The van der Waals surface area contributed by atoms with E-state index in [1.807, 2.05) is 19.9 Å². The number of hydrogen-bond donors (Lipinski definition) is 0. The highest BCUT2D eigenvalue weighted by Crippen LogP contribution is 2.72. The van der Waals surface area contributed by atoms with Crippen molar-refractivity contribution in [1.82, 2.24) is 0 Å². The third kappa shape index (κ3) is 2.82. The molecule has 4 fully saturated rings. The molecule has 0 radical (unpaired) electrons. The van der Waals surface area contributed by atoms with Gasteiger partial charge in [0.05, 0.1) is 32.2 Å². The van der Waals surface area contributed by atoms with Gasteiger partial charge in [0.2, 0.25) is 0 Å². The fourth-order valence-electron chi connectivity index (χ4n) is 7.67. The van der Waals surface area contributed by atoms with Gasteiger partial charge in [-0.1, -0.05) is 34.3 Å². The Morgan fingerprint density at radius 1 is 1.21 bits per heavy atom. The van der Waals surface area contributed by atoms with Crippen molar-refractivity contribution in [3.8, 4) is 0 Å². The first-order valence-electron chi connectivity index (χ1n) is 12.1. The normalized spacial score (nSPS) is 42.9. The second-order valence-corrected chi connectivity index (χ2v) is 11.7. The first-order chi connectivity index (χ1) is 15.9. The van der Waals surface area contributed by atoms with Crippen molar-refractivity contribution in [2.24, 2.45) is 28.1 Å². The molecule has 2 aliphatic carbocycles. The van der Waals surface area contributed by atoms with E-state index in [9.17, 15) is 14.4 Å². The van der Waals surface area contributed by atoms with Gasteiger partial charge in [-0.2, -0.15) is 0 Å². The minimum absolute atomic E-state index is 0.0642. The summed E-state index contributed by atoms with van der Waals surface area (Å²) in [6, 6.07) is 1.82. The topological polar surface area (TPSA) is 92.0 Å². The lowest BCUT2D eigenvalue weighted by Crippen LogP contribution is -2.72. The number of Topliss-reactive ketones (excluding diaryl/α,β-unsaturated/α-hetero) is 1. The van der Waals surface area contributed by atoms with Crippen LogP contribution in [-0.4, -0.2) is 36.5 Å². The largest absolute Gasteiger partial charge is 0.472 e. The molecule has 2 saturated carbocycles. The van der Waals surface area contributed by atoms with Crippen molar-refractivity contribution in [3.05, 3.63) is 36.3 Å². The number of furan rings is 1. The summed E-state index contributed by atoms with van der Waals surface area (Å²) >= 11 is 0. The van der Waals surface area contributed by atoms with E-state index in [1.54, 1.807) is 12.5 Å². The molecule has 2 aliphatic heterocycles. The first-order valence-corrected chi connectivity index (χ1v) is 12.1. The molecule has 2 saturated heterocycles. The van der Waals surface area contributed by atoms with Crippen LogP contribution in [-0.2, 0) is 28.6 Å². The van der Waals surface area contributed by atoms with E-state index >= 15 is 0 Å². The number of ketones is 1. The van der Waals surface area contributed by atoms with Crippen LogP contribution in [0.2, 0.25) is 0 Å². The fourth-order valence-corrected chi connectivity index (χ4v) is 7.67. The molecule has 0 amide bonds. The van der Waals surface area contributed by atoms with Gasteiger partial charge in [0.15, 0.2) is 0 Å². The van der Waals surface area contributed by atoms with Crippen LogP contribution in [0.3, 0.4) is 0 Å².